The molecule has 106 valence electrons. The standard InChI is InChI=1S/C17H26FN/c1-4-13-7-5-6-8-16(13)17(19-3)14-9-12(2)10-15(18)11-14/h9-11,13,16-17,19H,4-8H2,1-3H3. The predicted molar refractivity (Wildman–Crippen MR) is 78.7 cm³/mol. The highest BCUT2D eigenvalue weighted by Gasteiger charge is 2.31. The molecule has 1 aliphatic carbocycles. The van der Waals surface area contributed by atoms with E-state index >= 15 is 0 Å². The first-order chi connectivity index (χ1) is 9.15. The molecule has 1 saturated carbocycles. The molecular weight excluding hydrogens is 237 g/mol. The largest absolute Gasteiger partial charge is 0.313 e. The molecule has 0 heterocycles. The Morgan fingerprint density at radius 2 is 2.00 bits per heavy atom. The molecule has 1 aromatic carbocycles. The number of hydrogen-bond donors (Lipinski definition) is 1. The Balaban J connectivity index is 2.27. The van der Waals surface area contributed by atoms with Crippen LogP contribution in [0, 0.1) is 24.6 Å². The maximum atomic E-state index is 13.6. The summed E-state index contributed by atoms with van der Waals surface area (Å²) in [6.45, 7) is 4.25. The third-order valence-electron chi connectivity index (χ3n) is 4.65. The topological polar surface area (TPSA) is 12.0 Å². The summed E-state index contributed by atoms with van der Waals surface area (Å²) in [5.41, 5.74) is 2.13. The van der Waals surface area contributed by atoms with Crippen molar-refractivity contribution >= 4 is 0 Å². The summed E-state index contributed by atoms with van der Waals surface area (Å²) in [7, 11) is 2.01. The third kappa shape index (κ3) is 3.36. The minimum Gasteiger partial charge on any atom is -0.313 e. The number of nitrogens with one attached hydrogen (secondary N) is 1. The maximum absolute atomic E-state index is 13.6. The SMILES string of the molecule is CCC1CCCCC1C(NC)c1cc(C)cc(F)c1. The van der Waals surface area contributed by atoms with E-state index in [1.54, 1.807) is 12.1 Å². The van der Waals surface area contributed by atoms with Gasteiger partial charge < -0.3 is 5.32 Å². The van der Waals surface area contributed by atoms with Gasteiger partial charge in [-0.05, 0) is 55.5 Å². The minimum absolute atomic E-state index is 0.112. The molecule has 0 saturated heterocycles. The van der Waals surface area contributed by atoms with Gasteiger partial charge in [0.2, 0.25) is 0 Å². The van der Waals surface area contributed by atoms with Crippen LogP contribution in [0.2, 0.25) is 0 Å². The Kier molecular flexibility index (Phi) is 4.98. The fraction of sp³-hybridized carbons (Fsp3) is 0.647. The summed E-state index contributed by atoms with van der Waals surface area (Å²) in [5, 5.41) is 3.44. The zero-order chi connectivity index (χ0) is 13.8. The average Bonchev–Trinajstić information content (AvgIpc) is 2.39. The van der Waals surface area contributed by atoms with Gasteiger partial charge in [-0.15, -0.1) is 0 Å². The fourth-order valence-electron chi connectivity index (χ4n) is 3.75. The number of benzene rings is 1. The maximum Gasteiger partial charge on any atom is 0.123 e. The molecule has 2 rings (SSSR count). The summed E-state index contributed by atoms with van der Waals surface area (Å²) >= 11 is 0. The molecule has 1 nitrogen and oxygen atoms in total. The molecule has 0 amide bonds. The van der Waals surface area contributed by atoms with Crippen LogP contribution in [0.3, 0.4) is 0 Å². The summed E-state index contributed by atoms with van der Waals surface area (Å²) in [4.78, 5) is 0. The smallest absolute Gasteiger partial charge is 0.123 e. The lowest BCUT2D eigenvalue weighted by Gasteiger charge is -2.37. The number of aryl methyl sites for hydroxylation is 1. The first-order valence-electron chi connectivity index (χ1n) is 7.60. The van der Waals surface area contributed by atoms with Crippen molar-refractivity contribution in [1.82, 2.24) is 5.32 Å². The molecule has 1 aliphatic rings. The normalized spacial score (nSPS) is 25.3. The predicted octanol–water partition coefficient (Wildman–Crippen LogP) is 4.61. The average molecular weight is 263 g/mol. The van der Waals surface area contributed by atoms with Crippen LogP contribution >= 0.6 is 0 Å². The fourth-order valence-corrected chi connectivity index (χ4v) is 3.75. The van der Waals surface area contributed by atoms with Crippen molar-refractivity contribution in [3.8, 4) is 0 Å². The van der Waals surface area contributed by atoms with Crippen molar-refractivity contribution in [3.63, 3.8) is 0 Å². The lowest BCUT2D eigenvalue weighted by Crippen LogP contribution is -2.32. The van der Waals surface area contributed by atoms with Gasteiger partial charge in [0.1, 0.15) is 5.82 Å². The summed E-state index contributed by atoms with van der Waals surface area (Å²) in [6.07, 6.45) is 6.49. The second-order valence-electron chi connectivity index (χ2n) is 5.94. The van der Waals surface area contributed by atoms with Crippen LogP contribution in [0.1, 0.15) is 56.2 Å². The van der Waals surface area contributed by atoms with E-state index in [0.29, 0.717) is 12.0 Å². The molecule has 19 heavy (non-hydrogen) atoms. The van der Waals surface area contributed by atoms with Crippen molar-refractivity contribution in [2.45, 2.75) is 52.0 Å². The Morgan fingerprint density at radius 1 is 1.26 bits per heavy atom. The lowest BCUT2D eigenvalue weighted by atomic mass is 9.72. The van der Waals surface area contributed by atoms with Gasteiger partial charge in [0.15, 0.2) is 0 Å². The highest BCUT2D eigenvalue weighted by atomic mass is 19.1. The van der Waals surface area contributed by atoms with Gasteiger partial charge >= 0.3 is 0 Å². The van der Waals surface area contributed by atoms with Crippen LogP contribution in [0.25, 0.3) is 0 Å². The van der Waals surface area contributed by atoms with Crippen LogP contribution in [0.15, 0.2) is 18.2 Å². The van der Waals surface area contributed by atoms with E-state index in [9.17, 15) is 4.39 Å². The van der Waals surface area contributed by atoms with Gasteiger partial charge in [0.25, 0.3) is 0 Å². The molecule has 3 unspecified atom stereocenters. The van der Waals surface area contributed by atoms with Gasteiger partial charge in [-0.2, -0.15) is 0 Å². The molecule has 0 aliphatic heterocycles. The van der Waals surface area contributed by atoms with E-state index < -0.39 is 0 Å². The van der Waals surface area contributed by atoms with Crippen LogP contribution < -0.4 is 5.32 Å². The minimum atomic E-state index is -0.112. The van der Waals surface area contributed by atoms with Crippen molar-refractivity contribution < 1.29 is 4.39 Å². The summed E-state index contributed by atoms with van der Waals surface area (Å²) in [5.74, 6) is 1.30. The van der Waals surface area contributed by atoms with E-state index in [1.165, 1.54) is 32.1 Å². The van der Waals surface area contributed by atoms with Gasteiger partial charge in [-0.3, -0.25) is 0 Å². The Hall–Kier alpha value is -0.890. The van der Waals surface area contributed by atoms with Crippen LogP contribution in [-0.2, 0) is 0 Å². The zero-order valence-corrected chi connectivity index (χ0v) is 12.4. The monoisotopic (exact) mass is 263 g/mol. The van der Waals surface area contributed by atoms with Gasteiger partial charge in [-0.25, -0.2) is 4.39 Å². The van der Waals surface area contributed by atoms with Crippen molar-refractivity contribution in [1.29, 1.82) is 0 Å². The Morgan fingerprint density at radius 3 is 2.63 bits per heavy atom. The summed E-state index contributed by atoms with van der Waals surface area (Å²) < 4.78 is 13.6. The molecule has 1 N–H and O–H groups in total. The van der Waals surface area contributed by atoms with E-state index in [4.69, 9.17) is 0 Å². The van der Waals surface area contributed by atoms with Crippen molar-refractivity contribution in [3.05, 3.63) is 35.1 Å². The highest BCUT2D eigenvalue weighted by Crippen LogP contribution is 2.40. The van der Waals surface area contributed by atoms with Crippen LogP contribution in [0.4, 0.5) is 4.39 Å². The van der Waals surface area contributed by atoms with Crippen LogP contribution in [0.5, 0.6) is 0 Å². The third-order valence-corrected chi connectivity index (χ3v) is 4.65. The quantitative estimate of drug-likeness (QED) is 0.836. The first-order valence-corrected chi connectivity index (χ1v) is 7.60. The molecule has 0 aromatic heterocycles. The number of rotatable bonds is 4. The van der Waals surface area contributed by atoms with E-state index in [2.05, 4.69) is 18.3 Å². The second kappa shape index (κ2) is 6.51. The van der Waals surface area contributed by atoms with Crippen LogP contribution in [-0.4, -0.2) is 7.05 Å². The summed E-state index contributed by atoms with van der Waals surface area (Å²) in [6, 6.07) is 5.73. The molecule has 0 spiro atoms. The first kappa shape index (κ1) is 14.5. The van der Waals surface area contributed by atoms with E-state index in [-0.39, 0.29) is 5.82 Å². The van der Waals surface area contributed by atoms with Crippen molar-refractivity contribution in [2.75, 3.05) is 7.05 Å². The number of halogens is 1. The van der Waals surface area contributed by atoms with E-state index in [1.807, 2.05) is 14.0 Å². The van der Waals surface area contributed by atoms with Gasteiger partial charge in [-0.1, -0.05) is 38.7 Å². The molecule has 2 heteroatoms. The molecular formula is C17H26FN. The Bertz CT molecular complexity index is 395. The highest BCUT2D eigenvalue weighted by molar-refractivity contribution is 5.27. The zero-order valence-electron chi connectivity index (χ0n) is 12.4. The molecule has 1 aromatic rings. The molecule has 0 radical (unpaired) electrons. The lowest BCUT2D eigenvalue weighted by molar-refractivity contribution is 0.180. The van der Waals surface area contributed by atoms with Crippen molar-refractivity contribution in [2.24, 2.45) is 11.8 Å². The Labute approximate surface area is 116 Å². The molecule has 1 fully saturated rings. The molecule has 3 atom stereocenters. The second-order valence-corrected chi connectivity index (χ2v) is 5.94. The molecule has 0 bridgehead atoms. The van der Waals surface area contributed by atoms with E-state index in [0.717, 1.165) is 17.0 Å². The number of hydrogen-bond acceptors (Lipinski definition) is 1. The van der Waals surface area contributed by atoms with Gasteiger partial charge in [0, 0.05) is 6.04 Å². The van der Waals surface area contributed by atoms with Gasteiger partial charge in [0.05, 0.1) is 0 Å².